The highest BCUT2D eigenvalue weighted by molar-refractivity contribution is 14.1. The van der Waals surface area contributed by atoms with Crippen molar-refractivity contribution in [1.82, 2.24) is 5.32 Å². The molecule has 1 rings (SSSR count). The lowest BCUT2D eigenvalue weighted by atomic mass is 9.92. The van der Waals surface area contributed by atoms with E-state index in [4.69, 9.17) is 5.73 Å². The first kappa shape index (κ1) is 18.7. The van der Waals surface area contributed by atoms with Crippen LogP contribution in [-0.4, -0.2) is 18.0 Å². The number of halogens is 2. The van der Waals surface area contributed by atoms with Crippen molar-refractivity contribution in [3.63, 3.8) is 0 Å². The van der Waals surface area contributed by atoms with E-state index in [9.17, 15) is 4.79 Å². The van der Waals surface area contributed by atoms with Gasteiger partial charge < -0.3 is 11.1 Å². The molecule has 0 bridgehead atoms. The SMILES string of the molecule is CCC(CC)(CN)NC(=O)c1ccc(C)c(I)c1.Cl. The molecule has 19 heavy (non-hydrogen) atoms. The normalized spacial score (nSPS) is 10.8. The van der Waals surface area contributed by atoms with Gasteiger partial charge in [0.05, 0.1) is 5.54 Å². The number of nitrogens with two attached hydrogens (primary N) is 1. The van der Waals surface area contributed by atoms with E-state index in [2.05, 4.69) is 41.8 Å². The quantitative estimate of drug-likeness (QED) is 0.751. The minimum absolute atomic E-state index is 0. The van der Waals surface area contributed by atoms with Gasteiger partial charge in [-0.3, -0.25) is 4.79 Å². The molecule has 1 aromatic rings. The predicted molar refractivity (Wildman–Crippen MR) is 91.0 cm³/mol. The first-order valence-corrected chi connectivity index (χ1v) is 7.34. The predicted octanol–water partition coefficient (Wildman–Crippen LogP) is 3.27. The number of benzene rings is 1. The van der Waals surface area contributed by atoms with Crippen LogP contribution >= 0.6 is 35.0 Å². The number of carbonyl (C=O) groups excluding carboxylic acids is 1. The third-order valence-corrected chi connectivity index (χ3v) is 4.72. The standard InChI is InChI=1S/C14H21IN2O.ClH/c1-4-14(5-2,9-16)17-13(18)11-7-6-10(3)12(15)8-11;/h6-8H,4-5,9,16H2,1-3H3,(H,17,18);1H. The van der Waals surface area contributed by atoms with Crippen molar-refractivity contribution in [1.29, 1.82) is 0 Å². The summed E-state index contributed by atoms with van der Waals surface area (Å²) in [4.78, 5) is 12.2. The molecule has 1 aromatic carbocycles. The summed E-state index contributed by atoms with van der Waals surface area (Å²) >= 11 is 2.24. The second kappa shape index (κ2) is 8.07. The number of carbonyl (C=O) groups is 1. The summed E-state index contributed by atoms with van der Waals surface area (Å²) in [7, 11) is 0. The second-order valence-corrected chi connectivity index (χ2v) is 5.77. The van der Waals surface area contributed by atoms with E-state index in [0.717, 1.165) is 16.4 Å². The lowest BCUT2D eigenvalue weighted by Crippen LogP contribution is -2.52. The van der Waals surface area contributed by atoms with E-state index in [1.54, 1.807) is 0 Å². The first-order chi connectivity index (χ1) is 8.48. The number of aryl methyl sites for hydroxylation is 1. The van der Waals surface area contributed by atoms with Crippen molar-refractivity contribution in [2.24, 2.45) is 5.73 Å². The molecule has 0 fully saturated rings. The molecule has 0 spiro atoms. The maximum atomic E-state index is 12.2. The van der Waals surface area contributed by atoms with Crippen LogP contribution in [0.15, 0.2) is 18.2 Å². The molecule has 3 N–H and O–H groups in total. The Balaban J connectivity index is 0.00000324. The Morgan fingerprint density at radius 2 is 1.95 bits per heavy atom. The molecule has 5 heteroatoms. The van der Waals surface area contributed by atoms with Crippen LogP contribution in [0.2, 0.25) is 0 Å². The fourth-order valence-electron chi connectivity index (χ4n) is 1.81. The lowest BCUT2D eigenvalue weighted by molar-refractivity contribution is 0.0895. The van der Waals surface area contributed by atoms with Crippen LogP contribution in [0.5, 0.6) is 0 Å². The second-order valence-electron chi connectivity index (χ2n) is 4.61. The summed E-state index contributed by atoms with van der Waals surface area (Å²) in [6, 6.07) is 5.75. The zero-order chi connectivity index (χ0) is 13.8. The number of amides is 1. The summed E-state index contributed by atoms with van der Waals surface area (Å²) < 4.78 is 1.10. The molecule has 0 heterocycles. The van der Waals surface area contributed by atoms with Crippen LogP contribution in [0.3, 0.4) is 0 Å². The van der Waals surface area contributed by atoms with Gasteiger partial charge in [0, 0.05) is 15.7 Å². The van der Waals surface area contributed by atoms with Gasteiger partial charge in [0.15, 0.2) is 0 Å². The third-order valence-electron chi connectivity index (χ3n) is 3.56. The van der Waals surface area contributed by atoms with Gasteiger partial charge in [-0.25, -0.2) is 0 Å². The summed E-state index contributed by atoms with van der Waals surface area (Å²) in [6.45, 7) is 6.60. The Hall–Kier alpha value is -0.330. The lowest BCUT2D eigenvalue weighted by Gasteiger charge is -2.31. The minimum Gasteiger partial charge on any atom is -0.345 e. The number of nitrogens with one attached hydrogen (secondary N) is 1. The van der Waals surface area contributed by atoms with E-state index < -0.39 is 0 Å². The molecule has 0 aromatic heterocycles. The molecule has 0 aliphatic heterocycles. The monoisotopic (exact) mass is 396 g/mol. The van der Waals surface area contributed by atoms with Crippen LogP contribution in [0.4, 0.5) is 0 Å². The van der Waals surface area contributed by atoms with Crippen LogP contribution in [0.25, 0.3) is 0 Å². The highest BCUT2D eigenvalue weighted by Gasteiger charge is 2.26. The van der Waals surface area contributed by atoms with Crippen LogP contribution in [0.1, 0.15) is 42.6 Å². The summed E-state index contributed by atoms with van der Waals surface area (Å²) in [6.07, 6.45) is 1.68. The van der Waals surface area contributed by atoms with Crippen molar-refractivity contribution in [2.75, 3.05) is 6.54 Å². The Morgan fingerprint density at radius 3 is 2.37 bits per heavy atom. The first-order valence-electron chi connectivity index (χ1n) is 6.26. The number of hydrogen-bond donors (Lipinski definition) is 2. The smallest absolute Gasteiger partial charge is 0.251 e. The van der Waals surface area contributed by atoms with Gasteiger partial charge in [0.1, 0.15) is 0 Å². The van der Waals surface area contributed by atoms with Gasteiger partial charge >= 0.3 is 0 Å². The Kier molecular flexibility index (Phi) is 7.93. The van der Waals surface area contributed by atoms with E-state index in [-0.39, 0.29) is 23.9 Å². The topological polar surface area (TPSA) is 55.1 Å². The van der Waals surface area contributed by atoms with Crippen molar-refractivity contribution < 1.29 is 4.79 Å². The molecule has 0 unspecified atom stereocenters. The van der Waals surface area contributed by atoms with Gasteiger partial charge in [-0.1, -0.05) is 19.9 Å². The molecule has 108 valence electrons. The Morgan fingerprint density at radius 1 is 1.37 bits per heavy atom. The molecule has 0 atom stereocenters. The largest absolute Gasteiger partial charge is 0.345 e. The molecule has 0 aliphatic carbocycles. The van der Waals surface area contributed by atoms with Crippen LogP contribution < -0.4 is 11.1 Å². The van der Waals surface area contributed by atoms with Gasteiger partial charge in [0.2, 0.25) is 0 Å². The van der Waals surface area contributed by atoms with Crippen molar-refractivity contribution in [2.45, 2.75) is 39.2 Å². The third kappa shape index (κ3) is 4.61. The van der Waals surface area contributed by atoms with E-state index in [1.165, 1.54) is 5.56 Å². The van der Waals surface area contributed by atoms with E-state index in [1.807, 2.05) is 25.1 Å². The zero-order valence-corrected chi connectivity index (χ0v) is 14.6. The maximum Gasteiger partial charge on any atom is 0.251 e. The fourth-order valence-corrected chi connectivity index (χ4v) is 2.33. The zero-order valence-electron chi connectivity index (χ0n) is 11.6. The summed E-state index contributed by atoms with van der Waals surface area (Å²) in [5, 5.41) is 3.08. The van der Waals surface area contributed by atoms with Crippen molar-refractivity contribution in [3.05, 3.63) is 32.9 Å². The fraction of sp³-hybridized carbons (Fsp3) is 0.500. The van der Waals surface area contributed by atoms with Crippen molar-refractivity contribution in [3.8, 4) is 0 Å². The molecule has 0 radical (unpaired) electrons. The highest BCUT2D eigenvalue weighted by atomic mass is 127. The Bertz CT molecular complexity index is 425. The van der Waals surface area contributed by atoms with Crippen LogP contribution in [-0.2, 0) is 0 Å². The van der Waals surface area contributed by atoms with Crippen LogP contribution in [0, 0.1) is 10.5 Å². The molecule has 0 saturated carbocycles. The average Bonchev–Trinajstić information content (AvgIpc) is 2.39. The summed E-state index contributed by atoms with van der Waals surface area (Å²) in [5.41, 5.74) is 7.39. The van der Waals surface area contributed by atoms with E-state index in [0.29, 0.717) is 12.1 Å². The Labute approximate surface area is 135 Å². The summed E-state index contributed by atoms with van der Waals surface area (Å²) in [5.74, 6) is -0.0398. The average molecular weight is 397 g/mol. The maximum absolute atomic E-state index is 12.2. The number of hydrogen-bond acceptors (Lipinski definition) is 2. The van der Waals surface area contributed by atoms with Gasteiger partial charge in [-0.2, -0.15) is 0 Å². The molecular formula is C14H22ClIN2O. The molecule has 3 nitrogen and oxygen atoms in total. The van der Waals surface area contributed by atoms with Gasteiger partial charge in [-0.05, 0) is 60.1 Å². The van der Waals surface area contributed by atoms with Gasteiger partial charge in [-0.15, -0.1) is 12.4 Å². The minimum atomic E-state index is -0.284. The molecular weight excluding hydrogens is 375 g/mol. The molecule has 0 saturated heterocycles. The highest BCUT2D eigenvalue weighted by Crippen LogP contribution is 2.17. The van der Waals surface area contributed by atoms with Gasteiger partial charge in [0.25, 0.3) is 5.91 Å². The molecule has 0 aliphatic rings. The van der Waals surface area contributed by atoms with E-state index >= 15 is 0 Å². The number of rotatable bonds is 5. The molecule has 1 amide bonds. The van der Waals surface area contributed by atoms with Crippen molar-refractivity contribution >= 4 is 40.9 Å².